The van der Waals surface area contributed by atoms with Gasteiger partial charge in [-0.05, 0) is 26.2 Å². The summed E-state index contributed by atoms with van der Waals surface area (Å²) in [5, 5.41) is 8.54. The first-order valence-corrected chi connectivity index (χ1v) is 13.5. The van der Waals surface area contributed by atoms with Crippen molar-refractivity contribution in [2.45, 2.75) is 147 Å². The number of unbranched alkanes of at least 4 members (excludes halogenated alkanes) is 14. The second kappa shape index (κ2) is 22.7. The van der Waals surface area contributed by atoms with E-state index in [-0.39, 0.29) is 57.5 Å². The monoisotopic (exact) mass is 458 g/mol. The Morgan fingerprint density at radius 1 is 0.655 bits per heavy atom. The van der Waals surface area contributed by atoms with Crippen LogP contribution in [0.3, 0.4) is 0 Å². The summed E-state index contributed by atoms with van der Waals surface area (Å²) in [7, 11) is -4.15. The Labute approximate surface area is 224 Å². The van der Waals surface area contributed by atoms with Crippen molar-refractivity contribution in [2.24, 2.45) is 0 Å². The molecule has 0 heterocycles. The van der Waals surface area contributed by atoms with Gasteiger partial charge in [0.15, 0.2) is 0 Å². The van der Waals surface area contributed by atoms with E-state index in [1.165, 1.54) is 57.8 Å². The normalized spacial score (nSPS) is 13.8. The van der Waals surface area contributed by atoms with Crippen LogP contribution < -0.4 is 51.4 Å². The maximum absolute atomic E-state index is 11.5. The maximum Gasteiger partial charge on any atom is 1.00 e. The zero-order valence-corrected chi connectivity index (χ0v) is 23.6. The van der Waals surface area contributed by atoms with Gasteiger partial charge in [0, 0.05) is 5.25 Å². The first-order chi connectivity index (χ1) is 13.4. The largest absolute Gasteiger partial charge is 1.00 e. The molecule has 0 aromatic carbocycles. The van der Waals surface area contributed by atoms with E-state index in [4.69, 9.17) is 0 Å². The van der Waals surface area contributed by atoms with Gasteiger partial charge in [0.05, 0.1) is 16.2 Å². The predicted octanol–water partition coefficient (Wildman–Crippen LogP) is 3.72. The third-order valence-electron chi connectivity index (χ3n) is 5.69. The van der Waals surface area contributed by atoms with Crippen LogP contribution in [0.5, 0.6) is 0 Å². The van der Waals surface area contributed by atoms with Crippen LogP contribution in [-0.4, -0.2) is 29.4 Å². The standard InChI is InChI=1S/C23H48O4S.K/c1-3-4-5-6-14-17-20-23(28(25,26)27)21-18-15-12-10-8-7-9-11-13-16-19-22(2)24;/h22-24H,3-21H2,1-2H3,(H,25,26,27);/q;+1/p-1. The Morgan fingerprint density at radius 3 is 1.28 bits per heavy atom. The van der Waals surface area contributed by atoms with Crippen LogP contribution in [0.1, 0.15) is 136 Å². The Balaban J connectivity index is 0. The molecule has 0 rings (SSSR count). The topological polar surface area (TPSA) is 77.4 Å². The number of hydrogen-bond acceptors (Lipinski definition) is 4. The van der Waals surface area contributed by atoms with Gasteiger partial charge in [-0.1, -0.05) is 110 Å². The van der Waals surface area contributed by atoms with E-state index in [1.807, 2.05) is 6.92 Å². The summed E-state index contributed by atoms with van der Waals surface area (Å²) in [5.41, 5.74) is 0. The molecular formula is C23H47KO4S. The van der Waals surface area contributed by atoms with Crippen molar-refractivity contribution in [3.8, 4) is 0 Å². The summed E-state index contributed by atoms with van der Waals surface area (Å²) in [6.45, 7) is 4.03. The molecule has 2 atom stereocenters. The van der Waals surface area contributed by atoms with Gasteiger partial charge in [-0.2, -0.15) is 0 Å². The van der Waals surface area contributed by atoms with E-state index >= 15 is 0 Å². The van der Waals surface area contributed by atoms with Crippen molar-refractivity contribution in [2.75, 3.05) is 0 Å². The van der Waals surface area contributed by atoms with Crippen molar-refractivity contribution < 1.29 is 69.5 Å². The fraction of sp³-hybridized carbons (Fsp3) is 1.00. The molecule has 0 saturated heterocycles. The van der Waals surface area contributed by atoms with Crippen molar-refractivity contribution in [3.05, 3.63) is 0 Å². The minimum Gasteiger partial charge on any atom is -0.748 e. The van der Waals surface area contributed by atoms with Crippen LogP contribution in [0.25, 0.3) is 0 Å². The minimum absolute atomic E-state index is 0. The molecule has 2 unspecified atom stereocenters. The molecule has 0 amide bonds. The Bertz CT molecular complexity index is 427. The van der Waals surface area contributed by atoms with Crippen molar-refractivity contribution in [3.63, 3.8) is 0 Å². The summed E-state index contributed by atoms with van der Waals surface area (Å²) < 4.78 is 34.4. The van der Waals surface area contributed by atoms with Crippen molar-refractivity contribution in [1.82, 2.24) is 0 Å². The van der Waals surface area contributed by atoms with Gasteiger partial charge >= 0.3 is 51.4 Å². The molecular weight excluding hydrogens is 411 g/mol. The number of rotatable bonds is 21. The first-order valence-electron chi connectivity index (χ1n) is 12.0. The molecule has 0 aliphatic rings. The van der Waals surface area contributed by atoms with Crippen LogP contribution in [0, 0.1) is 0 Å². The number of hydrogen-bond donors (Lipinski definition) is 1. The molecule has 0 saturated carbocycles. The van der Waals surface area contributed by atoms with Gasteiger partial charge in [-0.15, -0.1) is 0 Å². The fourth-order valence-corrected chi connectivity index (χ4v) is 4.72. The van der Waals surface area contributed by atoms with Crippen LogP contribution in [0.4, 0.5) is 0 Å². The number of aliphatic hydroxyl groups is 1. The van der Waals surface area contributed by atoms with E-state index in [1.54, 1.807) is 0 Å². The van der Waals surface area contributed by atoms with E-state index in [2.05, 4.69) is 6.92 Å². The fourth-order valence-electron chi connectivity index (χ4n) is 3.81. The Morgan fingerprint density at radius 2 is 0.966 bits per heavy atom. The molecule has 0 fully saturated rings. The second-order valence-electron chi connectivity index (χ2n) is 8.63. The smallest absolute Gasteiger partial charge is 0.748 e. The Kier molecular flexibility index (Phi) is 25.6. The van der Waals surface area contributed by atoms with Gasteiger partial charge in [-0.25, -0.2) is 8.42 Å². The van der Waals surface area contributed by atoms with E-state index in [9.17, 15) is 18.1 Å². The number of aliphatic hydroxyl groups excluding tert-OH is 1. The molecule has 0 bridgehead atoms. The molecule has 0 spiro atoms. The first kappa shape index (κ1) is 32.7. The molecule has 6 heteroatoms. The molecule has 170 valence electrons. The maximum atomic E-state index is 11.5. The van der Waals surface area contributed by atoms with Crippen molar-refractivity contribution in [1.29, 1.82) is 0 Å². The Hall–Kier alpha value is 1.51. The molecule has 0 aliphatic carbocycles. The second-order valence-corrected chi connectivity index (χ2v) is 10.3. The zero-order chi connectivity index (χ0) is 21.1. The predicted molar refractivity (Wildman–Crippen MR) is 119 cm³/mol. The van der Waals surface area contributed by atoms with Gasteiger partial charge in [0.1, 0.15) is 0 Å². The summed E-state index contributed by atoms with van der Waals surface area (Å²) >= 11 is 0. The molecule has 4 nitrogen and oxygen atoms in total. The zero-order valence-electron chi connectivity index (χ0n) is 19.7. The third kappa shape index (κ3) is 24.0. The molecule has 1 N–H and O–H groups in total. The summed E-state index contributed by atoms with van der Waals surface area (Å²) in [5.74, 6) is 0. The van der Waals surface area contributed by atoms with Gasteiger partial charge in [0.2, 0.25) is 0 Å². The average Bonchev–Trinajstić information content (AvgIpc) is 2.62. The van der Waals surface area contributed by atoms with Crippen molar-refractivity contribution >= 4 is 10.1 Å². The summed E-state index contributed by atoms with van der Waals surface area (Å²) in [6, 6.07) is 0. The van der Waals surface area contributed by atoms with Gasteiger partial charge in [0.25, 0.3) is 0 Å². The van der Waals surface area contributed by atoms with E-state index in [0.717, 1.165) is 51.4 Å². The quantitative estimate of drug-likeness (QED) is 0.162. The molecule has 29 heavy (non-hydrogen) atoms. The van der Waals surface area contributed by atoms with E-state index < -0.39 is 15.4 Å². The summed E-state index contributed by atoms with van der Waals surface area (Å²) in [4.78, 5) is 0. The molecule has 0 aliphatic heterocycles. The van der Waals surface area contributed by atoms with Crippen LogP contribution in [0.2, 0.25) is 0 Å². The van der Waals surface area contributed by atoms with Crippen LogP contribution >= 0.6 is 0 Å². The molecule has 0 radical (unpaired) electrons. The molecule has 0 aromatic heterocycles. The SMILES string of the molecule is CCCCCCCCC(CCCCCCCCCCCCC(C)O)S(=O)(=O)[O-].[K+]. The minimum atomic E-state index is -4.15. The van der Waals surface area contributed by atoms with Crippen LogP contribution in [0.15, 0.2) is 0 Å². The third-order valence-corrected chi connectivity index (χ3v) is 6.97. The van der Waals surface area contributed by atoms with Crippen LogP contribution in [-0.2, 0) is 10.1 Å². The summed E-state index contributed by atoms with van der Waals surface area (Å²) in [6.07, 6.45) is 20.2. The molecule has 0 aromatic rings. The average molecular weight is 459 g/mol. The van der Waals surface area contributed by atoms with Gasteiger partial charge in [-0.3, -0.25) is 0 Å². The van der Waals surface area contributed by atoms with Gasteiger partial charge < -0.3 is 9.66 Å². The van der Waals surface area contributed by atoms with E-state index in [0.29, 0.717) is 12.8 Å².